The molecule has 0 fully saturated rings. The van der Waals surface area contributed by atoms with Crippen molar-refractivity contribution in [1.82, 2.24) is 14.3 Å². The van der Waals surface area contributed by atoms with Gasteiger partial charge in [-0.1, -0.05) is 0 Å². The van der Waals surface area contributed by atoms with E-state index < -0.39 is 16.1 Å². The SMILES string of the molecule is CCn1cc(S(=O)(=O)NCC(C)O)nc1C. The first-order chi connectivity index (χ1) is 7.36. The number of hydrogen-bond donors (Lipinski definition) is 2. The molecule has 0 aliphatic carbocycles. The highest BCUT2D eigenvalue weighted by atomic mass is 32.2. The Labute approximate surface area is 95.4 Å². The molecule has 0 bridgehead atoms. The van der Waals surface area contributed by atoms with Crippen LogP contribution in [0.1, 0.15) is 19.7 Å². The predicted octanol–water partition coefficient (Wildman–Crippen LogP) is -0.129. The van der Waals surface area contributed by atoms with Crippen molar-refractivity contribution in [1.29, 1.82) is 0 Å². The van der Waals surface area contributed by atoms with Crippen molar-refractivity contribution in [2.75, 3.05) is 6.54 Å². The van der Waals surface area contributed by atoms with E-state index in [9.17, 15) is 8.42 Å². The molecular weight excluding hydrogens is 230 g/mol. The van der Waals surface area contributed by atoms with Crippen LogP contribution in [0.3, 0.4) is 0 Å². The van der Waals surface area contributed by atoms with E-state index >= 15 is 0 Å². The zero-order valence-corrected chi connectivity index (χ0v) is 10.5. The van der Waals surface area contributed by atoms with Crippen molar-refractivity contribution >= 4 is 10.0 Å². The van der Waals surface area contributed by atoms with E-state index in [4.69, 9.17) is 5.11 Å². The lowest BCUT2D eigenvalue weighted by atomic mass is 10.4. The van der Waals surface area contributed by atoms with E-state index in [1.54, 1.807) is 11.5 Å². The Kier molecular flexibility index (Phi) is 4.06. The highest BCUT2D eigenvalue weighted by molar-refractivity contribution is 7.89. The average Bonchev–Trinajstić information content (AvgIpc) is 2.57. The molecule has 1 rings (SSSR count). The van der Waals surface area contributed by atoms with Crippen molar-refractivity contribution < 1.29 is 13.5 Å². The zero-order valence-electron chi connectivity index (χ0n) is 9.64. The van der Waals surface area contributed by atoms with Crippen LogP contribution >= 0.6 is 0 Å². The standard InChI is InChI=1S/C9H17N3O3S/c1-4-12-6-9(11-8(12)3)16(14,15)10-5-7(2)13/h6-7,10,13H,4-5H2,1-3H3. The Bertz CT molecular complexity index is 451. The summed E-state index contributed by atoms with van der Waals surface area (Å²) in [5, 5.41) is 9.01. The van der Waals surface area contributed by atoms with E-state index in [-0.39, 0.29) is 11.6 Å². The van der Waals surface area contributed by atoms with Crippen LogP contribution in [-0.2, 0) is 16.6 Å². The number of aliphatic hydroxyl groups is 1. The second kappa shape index (κ2) is 4.94. The van der Waals surface area contributed by atoms with Crippen LogP contribution in [0, 0.1) is 6.92 Å². The minimum atomic E-state index is -3.61. The van der Waals surface area contributed by atoms with Crippen LogP contribution in [0.2, 0.25) is 0 Å². The van der Waals surface area contributed by atoms with Gasteiger partial charge in [-0.25, -0.2) is 18.1 Å². The minimum absolute atomic E-state index is 0.00694. The van der Waals surface area contributed by atoms with Crippen LogP contribution in [0.15, 0.2) is 11.2 Å². The number of nitrogens with zero attached hydrogens (tertiary/aromatic N) is 2. The van der Waals surface area contributed by atoms with E-state index in [0.29, 0.717) is 12.4 Å². The molecule has 1 aromatic rings. The van der Waals surface area contributed by atoms with Gasteiger partial charge in [0.05, 0.1) is 6.10 Å². The van der Waals surface area contributed by atoms with Crippen molar-refractivity contribution in [3.63, 3.8) is 0 Å². The molecule has 0 aliphatic rings. The Morgan fingerprint density at radius 1 is 1.62 bits per heavy atom. The number of sulfonamides is 1. The van der Waals surface area contributed by atoms with Crippen molar-refractivity contribution in [3.05, 3.63) is 12.0 Å². The van der Waals surface area contributed by atoms with E-state index in [0.717, 1.165) is 0 Å². The molecule has 0 amide bonds. The maximum atomic E-state index is 11.7. The van der Waals surface area contributed by atoms with Gasteiger partial charge in [0.2, 0.25) is 0 Å². The summed E-state index contributed by atoms with van der Waals surface area (Å²) in [7, 11) is -3.61. The molecule has 0 spiro atoms. The topological polar surface area (TPSA) is 84.2 Å². The fraction of sp³-hybridized carbons (Fsp3) is 0.667. The lowest BCUT2D eigenvalue weighted by Gasteiger charge is -2.05. The highest BCUT2D eigenvalue weighted by Crippen LogP contribution is 2.08. The summed E-state index contributed by atoms with van der Waals surface area (Å²) in [5.41, 5.74) is 0. The average molecular weight is 247 g/mol. The predicted molar refractivity (Wildman–Crippen MR) is 59.5 cm³/mol. The van der Waals surface area contributed by atoms with E-state index in [1.807, 2.05) is 6.92 Å². The molecule has 7 heteroatoms. The number of aryl methyl sites for hydroxylation is 2. The van der Waals surface area contributed by atoms with E-state index in [1.165, 1.54) is 13.1 Å². The van der Waals surface area contributed by atoms with Gasteiger partial charge in [0.15, 0.2) is 5.03 Å². The van der Waals surface area contributed by atoms with Gasteiger partial charge >= 0.3 is 0 Å². The second-order valence-corrected chi connectivity index (χ2v) is 5.33. The first-order valence-corrected chi connectivity index (χ1v) is 6.56. The molecule has 0 aromatic carbocycles. The molecule has 6 nitrogen and oxygen atoms in total. The van der Waals surface area contributed by atoms with Gasteiger partial charge in [-0.05, 0) is 20.8 Å². The first-order valence-electron chi connectivity index (χ1n) is 5.08. The summed E-state index contributed by atoms with van der Waals surface area (Å²) in [4.78, 5) is 3.96. The molecule has 0 saturated carbocycles. The number of aromatic nitrogens is 2. The monoisotopic (exact) mass is 247 g/mol. The summed E-state index contributed by atoms with van der Waals surface area (Å²) in [6.45, 7) is 5.83. The van der Waals surface area contributed by atoms with Crippen molar-refractivity contribution in [3.8, 4) is 0 Å². The summed E-state index contributed by atoms with van der Waals surface area (Å²) in [6.07, 6.45) is 0.767. The summed E-state index contributed by atoms with van der Waals surface area (Å²) >= 11 is 0. The summed E-state index contributed by atoms with van der Waals surface area (Å²) in [6, 6.07) is 0. The highest BCUT2D eigenvalue weighted by Gasteiger charge is 2.18. The molecule has 1 heterocycles. The van der Waals surface area contributed by atoms with E-state index in [2.05, 4.69) is 9.71 Å². The largest absolute Gasteiger partial charge is 0.392 e. The van der Waals surface area contributed by atoms with Gasteiger partial charge in [0.1, 0.15) is 5.82 Å². The smallest absolute Gasteiger partial charge is 0.259 e. The first kappa shape index (κ1) is 13.1. The van der Waals surface area contributed by atoms with Crippen LogP contribution in [0.5, 0.6) is 0 Å². The van der Waals surface area contributed by atoms with Crippen LogP contribution in [-0.4, -0.2) is 35.7 Å². The Morgan fingerprint density at radius 2 is 2.25 bits per heavy atom. The molecule has 1 aromatic heterocycles. The van der Waals surface area contributed by atoms with Gasteiger partial charge in [-0.3, -0.25) is 0 Å². The van der Waals surface area contributed by atoms with Gasteiger partial charge < -0.3 is 9.67 Å². The number of nitrogens with one attached hydrogen (secondary N) is 1. The fourth-order valence-electron chi connectivity index (χ4n) is 1.23. The Morgan fingerprint density at radius 3 is 2.69 bits per heavy atom. The van der Waals surface area contributed by atoms with Crippen LogP contribution in [0.25, 0.3) is 0 Å². The van der Waals surface area contributed by atoms with Gasteiger partial charge in [-0.2, -0.15) is 0 Å². The third-order valence-electron chi connectivity index (χ3n) is 2.14. The zero-order chi connectivity index (χ0) is 12.3. The lowest BCUT2D eigenvalue weighted by molar-refractivity contribution is 0.198. The molecule has 0 radical (unpaired) electrons. The summed E-state index contributed by atoms with van der Waals surface area (Å²) in [5.74, 6) is 0.653. The molecule has 2 N–H and O–H groups in total. The number of aliphatic hydroxyl groups excluding tert-OH is 1. The maximum Gasteiger partial charge on any atom is 0.259 e. The third kappa shape index (κ3) is 3.03. The number of hydrogen-bond acceptors (Lipinski definition) is 4. The van der Waals surface area contributed by atoms with Crippen LogP contribution in [0.4, 0.5) is 0 Å². The molecule has 92 valence electrons. The van der Waals surface area contributed by atoms with Gasteiger partial charge in [0.25, 0.3) is 10.0 Å². The Hall–Kier alpha value is -0.920. The second-order valence-electron chi connectivity index (χ2n) is 3.61. The van der Waals surface area contributed by atoms with Crippen LogP contribution < -0.4 is 4.72 Å². The van der Waals surface area contributed by atoms with Crippen molar-refractivity contribution in [2.24, 2.45) is 0 Å². The van der Waals surface area contributed by atoms with Gasteiger partial charge in [-0.15, -0.1) is 0 Å². The Balaban J connectivity index is 2.90. The molecule has 1 atom stereocenters. The lowest BCUT2D eigenvalue weighted by Crippen LogP contribution is -2.30. The normalized spacial score (nSPS) is 14.0. The maximum absolute atomic E-state index is 11.7. The quantitative estimate of drug-likeness (QED) is 0.759. The number of imidazole rings is 1. The fourth-order valence-corrected chi connectivity index (χ4v) is 2.36. The molecule has 16 heavy (non-hydrogen) atoms. The molecular formula is C9H17N3O3S. The number of rotatable bonds is 5. The molecule has 0 aliphatic heterocycles. The summed E-state index contributed by atoms with van der Waals surface area (Å²) < 4.78 is 27.5. The molecule has 0 saturated heterocycles. The van der Waals surface area contributed by atoms with Crippen molar-refractivity contribution in [2.45, 2.75) is 38.4 Å². The third-order valence-corrected chi connectivity index (χ3v) is 3.43. The molecule has 1 unspecified atom stereocenters. The minimum Gasteiger partial charge on any atom is -0.392 e. The van der Waals surface area contributed by atoms with Gasteiger partial charge in [0, 0.05) is 19.3 Å².